The molecule has 8 nitrogen and oxygen atoms in total. The molecule has 1 atom stereocenters. The molecule has 40 heavy (non-hydrogen) atoms. The van der Waals surface area contributed by atoms with E-state index >= 15 is 0 Å². The molecule has 2 aromatic carbocycles. The molecule has 1 amide bonds. The highest BCUT2D eigenvalue weighted by Crippen LogP contribution is 2.41. The average molecular weight is 565 g/mol. The monoisotopic (exact) mass is 564 g/mol. The largest absolute Gasteiger partial charge is 0.463 e. The minimum absolute atomic E-state index is 0.117. The van der Waals surface area contributed by atoms with Gasteiger partial charge in [0, 0.05) is 28.4 Å². The summed E-state index contributed by atoms with van der Waals surface area (Å²) in [7, 11) is 0. The number of carbonyl (C=O) groups excluding carboxylic acids is 2. The maximum absolute atomic E-state index is 13.6. The van der Waals surface area contributed by atoms with Crippen molar-refractivity contribution in [2.45, 2.75) is 59.5 Å². The summed E-state index contributed by atoms with van der Waals surface area (Å²) >= 11 is 6.66. The van der Waals surface area contributed by atoms with Crippen LogP contribution in [0.2, 0.25) is 5.02 Å². The number of halogens is 1. The zero-order chi connectivity index (χ0) is 29.0. The molecule has 0 spiro atoms. The second-order valence-corrected chi connectivity index (χ2v) is 11.2. The molecule has 3 aromatic rings. The summed E-state index contributed by atoms with van der Waals surface area (Å²) in [6.45, 7) is 12.6. The number of imidazole rings is 1. The molecule has 0 saturated carbocycles. The Morgan fingerprint density at radius 1 is 1.07 bits per heavy atom. The third-order valence-corrected chi connectivity index (χ3v) is 6.98. The maximum Gasteiger partial charge on any atom is 0.336 e. The first kappa shape index (κ1) is 29.4. The summed E-state index contributed by atoms with van der Waals surface area (Å²) in [5, 5.41) is 6.78. The lowest BCUT2D eigenvalue weighted by molar-refractivity contribution is -0.138. The van der Waals surface area contributed by atoms with E-state index in [9.17, 15) is 9.59 Å². The van der Waals surface area contributed by atoms with Gasteiger partial charge in [0.1, 0.15) is 5.82 Å². The average Bonchev–Trinajstić information content (AvgIpc) is 3.20. The van der Waals surface area contributed by atoms with Crippen LogP contribution in [0.25, 0.3) is 11.0 Å². The summed E-state index contributed by atoms with van der Waals surface area (Å²) in [6.07, 6.45) is 0. The Morgan fingerprint density at radius 2 is 1.77 bits per heavy atom. The van der Waals surface area contributed by atoms with Crippen LogP contribution in [0.3, 0.4) is 0 Å². The molecule has 9 heteroatoms. The number of hydrogen-bond donors (Lipinski definition) is 2. The summed E-state index contributed by atoms with van der Waals surface area (Å²) in [6, 6.07) is 15.2. The zero-order valence-corrected chi connectivity index (χ0v) is 24.7. The van der Waals surface area contributed by atoms with Gasteiger partial charge in [0.05, 0.1) is 48.0 Å². The van der Waals surface area contributed by atoms with E-state index in [0.29, 0.717) is 46.3 Å². The lowest BCUT2D eigenvalue weighted by Crippen LogP contribution is -2.45. The molecule has 2 heterocycles. The number of carbonyl (C=O) groups is 2. The Kier molecular flexibility index (Phi) is 9.01. The zero-order valence-electron chi connectivity index (χ0n) is 23.9. The number of esters is 1. The SMILES string of the molecule is CCOC(=O)C1=C(COCCn2c(C)nc3ccccc32)NC(C)=C(C(=O)NC(C)(C)C)[C@H]1c1ccccc1Cl. The molecule has 1 aliphatic rings. The maximum atomic E-state index is 13.6. The molecular formula is C31H37ClN4O4. The fraction of sp³-hybridized carbons (Fsp3) is 0.387. The van der Waals surface area contributed by atoms with Crippen molar-refractivity contribution in [3.05, 3.63) is 87.5 Å². The number of aryl methyl sites for hydroxylation is 1. The van der Waals surface area contributed by atoms with Gasteiger partial charge >= 0.3 is 5.97 Å². The molecule has 0 aliphatic carbocycles. The Bertz CT molecular complexity index is 1480. The van der Waals surface area contributed by atoms with Crippen molar-refractivity contribution >= 4 is 34.5 Å². The Labute approximate surface area is 240 Å². The molecule has 0 radical (unpaired) electrons. The predicted molar refractivity (Wildman–Crippen MR) is 157 cm³/mol. The molecule has 0 bridgehead atoms. The number of rotatable bonds is 9. The van der Waals surface area contributed by atoms with E-state index in [-0.39, 0.29) is 19.1 Å². The molecule has 0 unspecified atom stereocenters. The number of nitrogens with zero attached hydrogens (tertiary/aromatic N) is 2. The standard InChI is InChI=1S/C31H37ClN4O4/c1-7-40-30(38)28-24(18-39-17-16-36-20(3)34-23-14-10-11-15-25(23)36)33-19(2)26(29(37)35-31(4,5)6)27(28)21-12-8-9-13-22(21)32/h8-15,27,33H,7,16-18H2,1-6H3,(H,35,37)/t27-/m1/s1. The van der Waals surface area contributed by atoms with Crippen LogP contribution >= 0.6 is 11.6 Å². The fourth-order valence-corrected chi connectivity index (χ4v) is 5.24. The molecular weight excluding hydrogens is 528 g/mol. The lowest BCUT2D eigenvalue weighted by atomic mass is 9.79. The van der Waals surface area contributed by atoms with Crippen LogP contribution < -0.4 is 10.6 Å². The van der Waals surface area contributed by atoms with E-state index in [2.05, 4.69) is 20.2 Å². The van der Waals surface area contributed by atoms with Crippen molar-refractivity contribution < 1.29 is 19.1 Å². The first-order valence-corrected chi connectivity index (χ1v) is 13.8. The Morgan fingerprint density at radius 3 is 2.48 bits per heavy atom. The number of hydrogen-bond acceptors (Lipinski definition) is 6. The van der Waals surface area contributed by atoms with Crippen molar-refractivity contribution in [3.8, 4) is 0 Å². The molecule has 2 N–H and O–H groups in total. The van der Waals surface area contributed by atoms with Gasteiger partial charge < -0.3 is 24.7 Å². The van der Waals surface area contributed by atoms with E-state index in [1.807, 2.05) is 77.1 Å². The second-order valence-electron chi connectivity index (χ2n) is 10.8. The van der Waals surface area contributed by atoms with Gasteiger partial charge in [0.25, 0.3) is 0 Å². The van der Waals surface area contributed by atoms with E-state index in [4.69, 9.17) is 21.1 Å². The van der Waals surface area contributed by atoms with Crippen LogP contribution in [0, 0.1) is 6.92 Å². The third kappa shape index (κ3) is 6.40. The molecule has 0 saturated heterocycles. The summed E-state index contributed by atoms with van der Waals surface area (Å²) in [5.41, 5.74) is 4.02. The van der Waals surface area contributed by atoms with Gasteiger partial charge in [-0.3, -0.25) is 4.79 Å². The van der Waals surface area contributed by atoms with Crippen molar-refractivity contribution in [2.75, 3.05) is 19.8 Å². The quantitative estimate of drug-likeness (QED) is 0.267. The number of nitrogens with one attached hydrogen (secondary N) is 2. The van der Waals surface area contributed by atoms with E-state index in [1.165, 1.54) is 0 Å². The second kappa shape index (κ2) is 12.3. The summed E-state index contributed by atoms with van der Waals surface area (Å²) in [4.78, 5) is 31.7. The van der Waals surface area contributed by atoms with Gasteiger partial charge in [0.15, 0.2) is 0 Å². The number of dihydropyridines is 1. The van der Waals surface area contributed by atoms with Gasteiger partial charge in [-0.05, 0) is 65.3 Å². The minimum atomic E-state index is -0.741. The normalized spacial score (nSPS) is 15.8. The van der Waals surface area contributed by atoms with Gasteiger partial charge in [-0.25, -0.2) is 9.78 Å². The van der Waals surface area contributed by atoms with Crippen molar-refractivity contribution in [2.24, 2.45) is 0 Å². The number of aromatic nitrogens is 2. The molecule has 0 fully saturated rings. The third-order valence-electron chi connectivity index (χ3n) is 6.64. The highest BCUT2D eigenvalue weighted by Gasteiger charge is 2.39. The van der Waals surface area contributed by atoms with E-state index < -0.39 is 17.4 Å². The minimum Gasteiger partial charge on any atom is -0.463 e. The molecule has 4 rings (SSSR count). The summed E-state index contributed by atoms with van der Waals surface area (Å²) < 4.78 is 13.7. The van der Waals surface area contributed by atoms with Crippen LogP contribution in [0.4, 0.5) is 0 Å². The molecule has 1 aromatic heterocycles. The Hall–Kier alpha value is -3.62. The van der Waals surface area contributed by atoms with Crippen molar-refractivity contribution in [1.29, 1.82) is 0 Å². The Balaban J connectivity index is 1.68. The number of allylic oxidation sites excluding steroid dienone is 1. The van der Waals surface area contributed by atoms with Crippen molar-refractivity contribution in [3.63, 3.8) is 0 Å². The van der Waals surface area contributed by atoms with Gasteiger partial charge in [-0.1, -0.05) is 41.9 Å². The number of benzene rings is 2. The highest BCUT2D eigenvalue weighted by atomic mass is 35.5. The van der Waals surface area contributed by atoms with Gasteiger partial charge in [-0.15, -0.1) is 0 Å². The first-order valence-electron chi connectivity index (χ1n) is 13.5. The van der Waals surface area contributed by atoms with Crippen LogP contribution in [0.15, 0.2) is 71.1 Å². The predicted octanol–water partition coefficient (Wildman–Crippen LogP) is 5.41. The molecule has 1 aliphatic heterocycles. The molecule has 212 valence electrons. The van der Waals surface area contributed by atoms with Gasteiger partial charge in [0.2, 0.25) is 5.91 Å². The van der Waals surface area contributed by atoms with Crippen molar-refractivity contribution in [1.82, 2.24) is 20.2 Å². The van der Waals surface area contributed by atoms with Crippen LogP contribution in [-0.4, -0.2) is 46.8 Å². The number of ether oxygens (including phenoxy) is 2. The number of para-hydroxylation sites is 2. The highest BCUT2D eigenvalue weighted by molar-refractivity contribution is 6.31. The summed E-state index contributed by atoms with van der Waals surface area (Å²) in [5.74, 6) is -0.649. The van der Waals surface area contributed by atoms with Gasteiger partial charge in [-0.2, -0.15) is 0 Å². The van der Waals surface area contributed by atoms with Crippen LogP contribution in [0.5, 0.6) is 0 Å². The topological polar surface area (TPSA) is 94.5 Å². The lowest BCUT2D eigenvalue weighted by Gasteiger charge is -2.33. The fourth-order valence-electron chi connectivity index (χ4n) is 5.00. The number of fused-ring (bicyclic) bond motifs is 1. The smallest absolute Gasteiger partial charge is 0.336 e. The van der Waals surface area contributed by atoms with Crippen LogP contribution in [-0.2, 0) is 25.6 Å². The van der Waals surface area contributed by atoms with Crippen LogP contribution in [0.1, 0.15) is 51.9 Å². The number of amides is 1. The van der Waals surface area contributed by atoms with E-state index in [0.717, 1.165) is 16.9 Å². The first-order chi connectivity index (χ1) is 19.0. The van der Waals surface area contributed by atoms with E-state index in [1.54, 1.807) is 13.0 Å².